The number of ether oxygens (including phenoxy) is 3. The standard InChI is InChI=1S/C76H144O6/c1-4-7-10-13-16-19-22-25-28-31-34-36-38-40-42-45-48-51-54-57-60-63-66-69-75(78)81-72-73(71-80-74(77)68-65-62-59-56-53-50-47-44-33-30-27-24-21-18-15-12-9-6-3)82-76(79)70-67-64-61-58-55-52-49-46-43-41-39-37-35-32-29-26-23-20-17-14-11-8-5-2/h21,24,30,33,73H,4-20,22-23,25-29,31-32,34-72H2,1-3H3/b24-21-,33-30-. The fraction of sp³-hybridized carbons (Fsp3) is 0.908. The lowest BCUT2D eigenvalue weighted by atomic mass is 10.0. The monoisotopic (exact) mass is 1150 g/mol. The number of hydrogen-bond donors (Lipinski definition) is 0. The minimum absolute atomic E-state index is 0.0668. The van der Waals surface area contributed by atoms with Crippen molar-refractivity contribution in [3.05, 3.63) is 24.3 Å². The molecule has 0 saturated carbocycles. The van der Waals surface area contributed by atoms with Gasteiger partial charge in [-0.15, -0.1) is 0 Å². The molecule has 6 nitrogen and oxygen atoms in total. The third kappa shape index (κ3) is 68.7. The van der Waals surface area contributed by atoms with Crippen LogP contribution >= 0.6 is 0 Å². The van der Waals surface area contributed by atoms with Crippen molar-refractivity contribution >= 4 is 17.9 Å². The van der Waals surface area contributed by atoms with Gasteiger partial charge in [0.15, 0.2) is 6.10 Å². The van der Waals surface area contributed by atoms with E-state index in [1.54, 1.807) is 0 Å². The van der Waals surface area contributed by atoms with Gasteiger partial charge < -0.3 is 14.2 Å². The molecule has 0 heterocycles. The van der Waals surface area contributed by atoms with E-state index in [1.807, 2.05) is 0 Å². The van der Waals surface area contributed by atoms with E-state index >= 15 is 0 Å². The van der Waals surface area contributed by atoms with Gasteiger partial charge in [-0.3, -0.25) is 14.4 Å². The second-order valence-corrected chi connectivity index (χ2v) is 25.6. The molecule has 0 aliphatic rings. The largest absolute Gasteiger partial charge is 0.462 e. The number of allylic oxidation sites excluding steroid dienone is 4. The van der Waals surface area contributed by atoms with Crippen LogP contribution < -0.4 is 0 Å². The summed E-state index contributed by atoms with van der Waals surface area (Å²) in [6.45, 7) is 6.72. The summed E-state index contributed by atoms with van der Waals surface area (Å²) in [5, 5.41) is 0. The van der Waals surface area contributed by atoms with Crippen molar-refractivity contribution in [2.75, 3.05) is 13.2 Å². The van der Waals surface area contributed by atoms with Gasteiger partial charge in [-0.05, 0) is 51.4 Å². The van der Waals surface area contributed by atoms with E-state index in [9.17, 15) is 14.4 Å². The lowest BCUT2D eigenvalue weighted by Crippen LogP contribution is -2.30. The van der Waals surface area contributed by atoms with E-state index in [-0.39, 0.29) is 31.1 Å². The molecule has 0 N–H and O–H groups in total. The molecular formula is C76H144O6. The average molecular weight is 1150 g/mol. The Bertz CT molecular complexity index is 1320. The van der Waals surface area contributed by atoms with Crippen LogP contribution in [0.1, 0.15) is 425 Å². The van der Waals surface area contributed by atoms with Crippen molar-refractivity contribution in [2.45, 2.75) is 431 Å². The molecule has 0 aromatic carbocycles. The van der Waals surface area contributed by atoms with Gasteiger partial charge in [0.05, 0.1) is 0 Å². The highest BCUT2D eigenvalue weighted by atomic mass is 16.6. The van der Waals surface area contributed by atoms with E-state index in [0.717, 1.165) is 70.6 Å². The molecule has 6 heteroatoms. The maximum Gasteiger partial charge on any atom is 0.306 e. The predicted molar refractivity (Wildman–Crippen MR) is 358 cm³/mol. The van der Waals surface area contributed by atoms with Crippen LogP contribution in [-0.4, -0.2) is 37.2 Å². The smallest absolute Gasteiger partial charge is 0.306 e. The van der Waals surface area contributed by atoms with Crippen molar-refractivity contribution in [3.8, 4) is 0 Å². The maximum absolute atomic E-state index is 13.0. The minimum Gasteiger partial charge on any atom is -0.462 e. The fourth-order valence-corrected chi connectivity index (χ4v) is 11.6. The molecule has 0 rings (SSSR count). The van der Waals surface area contributed by atoms with E-state index in [2.05, 4.69) is 45.1 Å². The zero-order valence-corrected chi connectivity index (χ0v) is 55.8. The molecule has 0 bridgehead atoms. The van der Waals surface area contributed by atoms with Crippen LogP contribution in [0.25, 0.3) is 0 Å². The number of unbranched alkanes of at least 4 members (excludes halogenated alkanes) is 55. The Balaban J connectivity index is 4.28. The molecule has 0 aliphatic heterocycles. The first-order chi connectivity index (χ1) is 40.5. The third-order valence-corrected chi connectivity index (χ3v) is 17.2. The van der Waals surface area contributed by atoms with Crippen LogP contribution in [0.5, 0.6) is 0 Å². The summed E-state index contributed by atoms with van der Waals surface area (Å²) in [7, 11) is 0. The lowest BCUT2D eigenvalue weighted by Gasteiger charge is -2.18. The number of esters is 3. The Morgan fingerprint density at radius 2 is 0.439 bits per heavy atom. The molecule has 1 atom stereocenters. The van der Waals surface area contributed by atoms with Gasteiger partial charge in [-0.1, -0.05) is 379 Å². The van der Waals surface area contributed by atoms with Crippen LogP contribution in [0.4, 0.5) is 0 Å². The van der Waals surface area contributed by atoms with Crippen LogP contribution in [-0.2, 0) is 28.6 Å². The lowest BCUT2D eigenvalue weighted by molar-refractivity contribution is -0.167. The number of rotatable bonds is 70. The Morgan fingerprint density at radius 1 is 0.244 bits per heavy atom. The van der Waals surface area contributed by atoms with E-state index in [0.29, 0.717) is 19.3 Å². The van der Waals surface area contributed by atoms with Crippen LogP contribution in [0, 0.1) is 0 Å². The molecule has 82 heavy (non-hydrogen) atoms. The Morgan fingerprint density at radius 3 is 0.683 bits per heavy atom. The molecule has 0 amide bonds. The van der Waals surface area contributed by atoms with Gasteiger partial charge in [-0.2, -0.15) is 0 Å². The summed E-state index contributed by atoms with van der Waals surface area (Å²) in [5.74, 6) is -0.837. The van der Waals surface area contributed by atoms with Crippen LogP contribution in [0.3, 0.4) is 0 Å². The molecular weight excluding hydrogens is 1010 g/mol. The summed E-state index contributed by atoms with van der Waals surface area (Å²) in [5.41, 5.74) is 0. The summed E-state index contributed by atoms with van der Waals surface area (Å²) >= 11 is 0. The van der Waals surface area contributed by atoms with Gasteiger partial charge in [0.2, 0.25) is 0 Å². The van der Waals surface area contributed by atoms with Crippen molar-refractivity contribution in [3.63, 3.8) is 0 Å². The minimum atomic E-state index is -0.772. The zero-order chi connectivity index (χ0) is 59.2. The van der Waals surface area contributed by atoms with Crippen molar-refractivity contribution in [1.82, 2.24) is 0 Å². The van der Waals surface area contributed by atoms with Crippen molar-refractivity contribution in [2.24, 2.45) is 0 Å². The number of carbonyl (C=O) groups excluding carboxylic acids is 3. The van der Waals surface area contributed by atoms with E-state index in [1.165, 1.54) is 315 Å². The summed E-state index contributed by atoms with van der Waals surface area (Å²) < 4.78 is 17.0. The maximum atomic E-state index is 13.0. The highest BCUT2D eigenvalue weighted by Gasteiger charge is 2.20. The topological polar surface area (TPSA) is 78.9 Å². The first-order valence-corrected chi connectivity index (χ1v) is 37.3. The quantitative estimate of drug-likeness (QED) is 0.0261. The Hall–Kier alpha value is -2.11. The van der Waals surface area contributed by atoms with Gasteiger partial charge >= 0.3 is 17.9 Å². The Labute approximate surface area is 513 Å². The molecule has 0 radical (unpaired) electrons. The van der Waals surface area contributed by atoms with Gasteiger partial charge in [0, 0.05) is 19.3 Å². The molecule has 0 aliphatic carbocycles. The first kappa shape index (κ1) is 79.9. The highest BCUT2D eigenvalue weighted by Crippen LogP contribution is 2.19. The zero-order valence-electron chi connectivity index (χ0n) is 55.8. The van der Waals surface area contributed by atoms with Gasteiger partial charge in [-0.25, -0.2) is 0 Å². The molecule has 0 saturated heterocycles. The average Bonchev–Trinajstić information content (AvgIpc) is 3.47. The number of hydrogen-bond acceptors (Lipinski definition) is 6. The molecule has 484 valence electrons. The molecule has 0 aromatic rings. The van der Waals surface area contributed by atoms with E-state index < -0.39 is 6.10 Å². The van der Waals surface area contributed by atoms with Crippen molar-refractivity contribution in [1.29, 1.82) is 0 Å². The van der Waals surface area contributed by atoms with Crippen LogP contribution in [0.15, 0.2) is 24.3 Å². The summed E-state index contributed by atoms with van der Waals surface area (Å²) in [4.78, 5) is 38.5. The summed E-state index contributed by atoms with van der Waals surface area (Å²) in [6.07, 6.45) is 87.9. The van der Waals surface area contributed by atoms with Crippen LogP contribution in [0.2, 0.25) is 0 Å². The second-order valence-electron chi connectivity index (χ2n) is 25.6. The SMILES string of the molecule is CCCCCC/C=C\C/C=C\CCCCCCCCCC(=O)OCC(COC(=O)CCCCCCCCCCCCCCCCCCCCCCCCC)OC(=O)CCCCCCCCCCCCCCCCCCCCCCCCC. The predicted octanol–water partition coefficient (Wildman–Crippen LogP) is 25.7. The Kier molecular flexibility index (Phi) is 69.5. The second kappa shape index (κ2) is 71.4. The molecule has 1 unspecified atom stereocenters. The first-order valence-electron chi connectivity index (χ1n) is 37.3. The van der Waals surface area contributed by atoms with Gasteiger partial charge in [0.25, 0.3) is 0 Å². The van der Waals surface area contributed by atoms with Crippen molar-refractivity contribution < 1.29 is 28.6 Å². The highest BCUT2D eigenvalue weighted by molar-refractivity contribution is 5.71. The third-order valence-electron chi connectivity index (χ3n) is 17.2. The van der Waals surface area contributed by atoms with Gasteiger partial charge in [0.1, 0.15) is 13.2 Å². The molecule has 0 spiro atoms. The fourth-order valence-electron chi connectivity index (χ4n) is 11.6. The van der Waals surface area contributed by atoms with E-state index in [4.69, 9.17) is 14.2 Å². The molecule has 0 aromatic heterocycles. The summed E-state index contributed by atoms with van der Waals surface area (Å²) in [6, 6.07) is 0. The normalized spacial score (nSPS) is 12.1. The molecule has 0 fully saturated rings. The number of carbonyl (C=O) groups is 3.